The fraction of sp³-hybridized carbons (Fsp3) is 0.625. The van der Waals surface area contributed by atoms with E-state index in [2.05, 4.69) is 9.71 Å². The van der Waals surface area contributed by atoms with Gasteiger partial charge in [0, 0.05) is 6.54 Å². The number of sulfonamides is 1. The van der Waals surface area contributed by atoms with Crippen LogP contribution in [0.15, 0.2) is 10.4 Å². The summed E-state index contributed by atoms with van der Waals surface area (Å²) in [4.78, 5) is 3.67. The lowest BCUT2D eigenvalue weighted by Gasteiger charge is -2.07. The van der Waals surface area contributed by atoms with Crippen LogP contribution in [0.25, 0.3) is 0 Å². The van der Waals surface area contributed by atoms with E-state index >= 15 is 0 Å². The standard InChI is InChI=1S/C8H13ClN2O3S2/c1-6(2)14-4-3-11-16(12,13)7-5-10-8(9)15-7/h5-6,11H,3-4H2,1-2H3. The monoisotopic (exact) mass is 284 g/mol. The largest absolute Gasteiger partial charge is 0.377 e. The zero-order valence-electron chi connectivity index (χ0n) is 8.94. The van der Waals surface area contributed by atoms with Crippen LogP contribution in [0.2, 0.25) is 4.47 Å². The third-order valence-corrected chi connectivity index (χ3v) is 4.60. The average molecular weight is 285 g/mol. The molecular weight excluding hydrogens is 272 g/mol. The Morgan fingerprint density at radius 1 is 1.62 bits per heavy atom. The highest BCUT2D eigenvalue weighted by Crippen LogP contribution is 2.21. The van der Waals surface area contributed by atoms with Gasteiger partial charge in [-0.05, 0) is 13.8 Å². The SMILES string of the molecule is CC(C)OCCNS(=O)(=O)c1cnc(Cl)s1. The smallest absolute Gasteiger partial charge is 0.251 e. The third-order valence-electron chi connectivity index (χ3n) is 1.57. The summed E-state index contributed by atoms with van der Waals surface area (Å²) in [7, 11) is -3.50. The molecule has 92 valence electrons. The van der Waals surface area contributed by atoms with Gasteiger partial charge in [-0.15, -0.1) is 0 Å². The molecule has 0 saturated carbocycles. The molecule has 0 unspecified atom stereocenters. The van der Waals surface area contributed by atoms with Crippen molar-refractivity contribution in [3.05, 3.63) is 10.7 Å². The first-order valence-electron chi connectivity index (χ1n) is 4.64. The number of nitrogens with zero attached hydrogens (tertiary/aromatic N) is 1. The predicted octanol–water partition coefficient (Wildman–Crippen LogP) is 1.50. The Morgan fingerprint density at radius 2 is 2.31 bits per heavy atom. The molecule has 0 atom stereocenters. The molecule has 1 aromatic heterocycles. The summed E-state index contributed by atoms with van der Waals surface area (Å²) in [6.07, 6.45) is 1.32. The van der Waals surface area contributed by atoms with Gasteiger partial charge in [-0.2, -0.15) is 0 Å². The summed E-state index contributed by atoms with van der Waals surface area (Å²) in [6, 6.07) is 0. The molecule has 0 aromatic carbocycles. The lowest BCUT2D eigenvalue weighted by Crippen LogP contribution is -2.27. The Labute approximate surface area is 104 Å². The van der Waals surface area contributed by atoms with Gasteiger partial charge >= 0.3 is 0 Å². The van der Waals surface area contributed by atoms with Crippen molar-refractivity contribution in [1.82, 2.24) is 9.71 Å². The number of nitrogens with one attached hydrogen (secondary N) is 1. The molecular formula is C8H13ClN2O3S2. The van der Waals surface area contributed by atoms with Crippen LogP contribution in [0.1, 0.15) is 13.8 Å². The van der Waals surface area contributed by atoms with Gasteiger partial charge < -0.3 is 4.74 Å². The number of hydrogen-bond acceptors (Lipinski definition) is 5. The van der Waals surface area contributed by atoms with Gasteiger partial charge in [0.1, 0.15) is 0 Å². The van der Waals surface area contributed by atoms with Crippen LogP contribution in [0.4, 0.5) is 0 Å². The molecule has 0 bridgehead atoms. The van der Waals surface area contributed by atoms with Gasteiger partial charge in [0.15, 0.2) is 8.68 Å². The van der Waals surface area contributed by atoms with Gasteiger partial charge in [0.25, 0.3) is 10.0 Å². The van der Waals surface area contributed by atoms with Gasteiger partial charge in [0.05, 0.1) is 18.9 Å². The molecule has 0 saturated heterocycles. The summed E-state index contributed by atoms with van der Waals surface area (Å²) in [5.74, 6) is 0. The molecule has 0 aliphatic carbocycles. The number of rotatable bonds is 6. The van der Waals surface area contributed by atoms with Crippen molar-refractivity contribution in [3.8, 4) is 0 Å². The van der Waals surface area contributed by atoms with Crippen LogP contribution in [-0.2, 0) is 14.8 Å². The van der Waals surface area contributed by atoms with E-state index in [1.165, 1.54) is 6.20 Å². The van der Waals surface area contributed by atoms with Crippen molar-refractivity contribution in [2.45, 2.75) is 24.2 Å². The molecule has 16 heavy (non-hydrogen) atoms. The molecule has 1 aromatic rings. The quantitative estimate of drug-likeness (QED) is 0.804. The summed E-state index contributed by atoms with van der Waals surface area (Å²) in [5.41, 5.74) is 0. The molecule has 0 amide bonds. The van der Waals surface area contributed by atoms with Crippen molar-refractivity contribution in [1.29, 1.82) is 0 Å². The normalized spacial score (nSPS) is 12.2. The maximum absolute atomic E-state index is 11.6. The minimum atomic E-state index is -3.50. The second kappa shape index (κ2) is 5.92. The van der Waals surface area contributed by atoms with Gasteiger partial charge in [0.2, 0.25) is 0 Å². The second-order valence-electron chi connectivity index (χ2n) is 3.25. The Balaban J connectivity index is 2.47. The summed E-state index contributed by atoms with van der Waals surface area (Å²) in [5, 5.41) is 0. The van der Waals surface area contributed by atoms with E-state index in [1.54, 1.807) is 0 Å². The third kappa shape index (κ3) is 4.34. The maximum Gasteiger partial charge on any atom is 0.251 e. The number of halogens is 1. The first-order valence-corrected chi connectivity index (χ1v) is 7.32. The summed E-state index contributed by atoms with van der Waals surface area (Å²) >= 11 is 6.48. The number of aromatic nitrogens is 1. The highest BCUT2D eigenvalue weighted by molar-refractivity contribution is 7.91. The number of hydrogen-bond donors (Lipinski definition) is 1. The predicted molar refractivity (Wildman–Crippen MR) is 63.4 cm³/mol. The molecule has 0 radical (unpaired) electrons. The first-order chi connectivity index (χ1) is 7.42. The maximum atomic E-state index is 11.6. The Kier molecular flexibility index (Phi) is 5.13. The number of thiazole rings is 1. The van der Waals surface area contributed by atoms with Crippen LogP contribution >= 0.6 is 22.9 Å². The average Bonchev–Trinajstić information content (AvgIpc) is 2.60. The van der Waals surface area contributed by atoms with Gasteiger partial charge in [-0.1, -0.05) is 22.9 Å². The molecule has 1 heterocycles. The zero-order valence-corrected chi connectivity index (χ0v) is 11.3. The van der Waals surface area contributed by atoms with Crippen molar-refractivity contribution >= 4 is 33.0 Å². The fourth-order valence-electron chi connectivity index (χ4n) is 0.905. The van der Waals surface area contributed by atoms with Crippen LogP contribution in [0, 0.1) is 0 Å². The minimum absolute atomic E-state index is 0.0855. The Morgan fingerprint density at radius 3 is 2.81 bits per heavy atom. The van der Waals surface area contributed by atoms with Crippen molar-refractivity contribution < 1.29 is 13.2 Å². The van der Waals surface area contributed by atoms with Gasteiger partial charge in [-0.3, -0.25) is 0 Å². The van der Waals surface area contributed by atoms with Crippen molar-refractivity contribution in [2.75, 3.05) is 13.2 Å². The van der Waals surface area contributed by atoms with E-state index in [9.17, 15) is 8.42 Å². The van der Waals surface area contributed by atoms with Crippen LogP contribution in [0.3, 0.4) is 0 Å². The Bertz CT molecular complexity index is 430. The van der Waals surface area contributed by atoms with E-state index < -0.39 is 10.0 Å². The van der Waals surface area contributed by atoms with Crippen LogP contribution in [-0.4, -0.2) is 32.7 Å². The Hall–Kier alpha value is -0.210. The molecule has 0 aliphatic heterocycles. The highest BCUT2D eigenvalue weighted by atomic mass is 35.5. The zero-order chi connectivity index (χ0) is 12.2. The summed E-state index contributed by atoms with van der Waals surface area (Å²) < 4.78 is 31.2. The molecule has 1 rings (SSSR count). The lowest BCUT2D eigenvalue weighted by atomic mass is 10.5. The minimum Gasteiger partial charge on any atom is -0.377 e. The van der Waals surface area contributed by atoms with E-state index in [1.807, 2.05) is 13.8 Å². The molecule has 8 heteroatoms. The first kappa shape index (κ1) is 13.9. The van der Waals surface area contributed by atoms with Crippen molar-refractivity contribution in [3.63, 3.8) is 0 Å². The topological polar surface area (TPSA) is 68.3 Å². The molecule has 5 nitrogen and oxygen atoms in total. The fourth-order valence-corrected chi connectivity index (χ4v) is 3.26. The van der Waals surface area contributed by atoms with Crippen molar-refractivity contribution in [2.24, 2.45) is 0 Å². The van der Waals surface area contributed by atoms with Gasteiger partial charge in [-0.25, -0.2) is 18.1 Å². The number of ether oxygens (including phenoxy) is 1. The molecule has 0 fully saturated rings. The highest BCUT2D eigenvalue weighted by Gasteiger charge is 2.16. The molecule has 0 aliphatic rings. The molecule has 0 spiro atoms. The van der Waals surface area contributed by atoms with Crippen LogP contribution in [0.5, 0.6) is 0 Å². The van der Waals surface area contributed by atoms with Crippen LogP contribution < -0.4 is 4.72 Å². The molecule has 1 N–H and O–H groups in total. The van der Waals surface area contributed by atoms with E-state index in [4.69, 9.17) is 16.3 Å². The van der Waals surface area contributed by atoms with E-state index in [-0.39, 0.29) is 21.3 Å². The second-order valence-corrected chi connectivity index (χ2v) is 6.86. The lowest BCUT2D eigenvalue weighted by molar-refractivity contribution is 0.0834. The summed E-state index contributed by atoms with van der Waals surface area (Å²) in [6.45, 7) is 4.34. The van der Waals surface area contributed by atoms with E-state index in [0.717, 1.165) is 11.3 Å². The van der Waals surface area contributed by atoms with E-state index in [0.29, 0.717) is 6.61 Å².